The van der Waals surface area contributed by atoms with E-state index >= 15 is 0 Å². The zero-order valence-electron chi connectivity index (χ0n) is 19.5. The molecular weight excluding hydrogens is 439 g/mol. The van der Waals surface area contributed by atoms with Crippen molar-refractivity contribution in [2.45, 2.75) is 26.2 Å². The number of hydrogen-bond donors (Lipinski definition) is 3. The Kier molecular flexibility index (Phi) is 7.32. The number of benzene rings is 1. The van der Waals surface area contributed by atoms with Crippen molar-refractivity contribution in [2.75, 3.05) is 38.8 Å². The fourth-order valence-electron chi connectivity index (χ4n) is 4.15. The van der Waals surface area contributed by atoms with Crippen molar-refractivity contribution < 1.29 is 23.4 Å². The molecule has 1 unspecified atom stereocenters. The summed E-state index contributed by atoms with van der Waals surface area (Å²) < 4.78 is 31.0. The third-order valence-electron chi connectivity index (χ3n) is 5.84. The minimum Gasteiger partial charge on any atom is -0.492 e. The number of carbonyl (C=O) groups is 1. The zero-order valence-corrected chi connectivity index (χ0v) is 19.5. The maximum absolute atomic E-state index is 14.4. The molecule has 4 rings (SSSR count). The molecule has 0 radical (unpaired) electrons. The van der Waals surface area contributed by atoms with Gasteiger partial charge in [-0.25, -0.2) is 4.39 Å². The van der Waals surface area contributed by atoms with Gasteiger partial charge in [0.05, 0.1) is 42.5 Å². The maximum atomic E-state index is 14.4. The minimum absolute atomic E-state index is 0.0644. The number of fused-ring (bicyclic) bond motifs is 1. The number of hydrogen-bond acceptors (Lipinski definition) is 6. The topological polar surface area (TPSA) is 97.5 Å². The lowest BCUT2D eigenvalue weighted by molar-refractivity contribution is 0.0940. The number of pyridine rings is 1. The quantitative estimate of drug-likeness (QED) is 0.376. The summed E-state index contributed by atoms with van der Waals surface area (Å²) in [6, 6.07) is 6.43. The zero-order chi connectivity index (χ0) is 24.1. The first kappa shape index (κ1) is 23.6. The molecule has 1 aliphatic heterocycles. The highest BCUT2D eigenvalue weighted by Gasteiger charge is 2.33. The Morgan fingerprint density at radius 3 is 2.85 bits per heavy atom. The molecule has 2 aromatic heterocycles. The molecule has 34 heavy (non-hydrogen) atoms. The summed E-state index contributed by atoms with van der Waals surface area (Å²) in [6.07, 6.45) is 4.13. The SMILES string of the molecule is CCOCCOc1cnccc1-c1[nH]c2c(c1Nc1cccc(F)c1OC)C(=O)NCC2CC. The number of aromatic nitrogens is 2. The number of nitrogens with one attached hydrogen (secondary N) is 3. The monoisotopic (exact) mass is 468 g/mol. The molecule has 1 atom stereocenters. The molecule has 0 aliphatic carbocycles. The number of methoxy groups -OCH3 is 1. The maximum Gasteiger partial charge on any atom is 0.255 e. The molecule has 3 aromatic rings. The van der Waals surface area contributed by atoms with E-state index < -0.39 is 5.82 Å². The van der Waals surface area contributed by atoms with E-state index in [2.05, 4.69) is 27.5 Å². The van der Waals surface area contributed by atoms with Gasteiger partial charge in [-0.3, -0.25) is 9.78 Å². The van der Waals surface area contributed by atoms with Crippen molar-refractivity contribution in [3.8, 4) is 22.8 Å². The average molecular weight is 469 g/mol. The van der Waals surface area contributed by atoms with Gasteiger partial charge in [-0.1, -0.05) is 13.0 Å². The summed E-state index contributed by atoms with van der Waals surface area (Å²) in [6.45, 7) is 5.93. The molecule has 0 saturated heterocycles. The van der Waals surface area contributed by atoms with Crippen molar-refractivity contribution in [1.82, 2.24) is 15.3 Å². The van der Waals surface area contributed by atoms with Gasteiger partial charge in [0, 0.05) is 36.5 Å². The number of carbonyl (C=O) groups excluding carboxylic acids is 1. The van der Waals surface area contributed by atoms with Crippen LogP contribution in [0.4, 0.5) is 15.8 Å². The van der Waals surface area contributed by atoms with Crippen LogP contribution in [-0.2, 0) is 4.74 Å². The molecular formula is C25H29FN4O4. The summed E-state index contributed by atoms with van der Waals surface area (Å²) in [5.41, 5.74) is 3.63. The van der Waals surface area contributed by atoms with Crippen LogP contribution in [0.15, 0.2) is 36.7 Å². The summed E-state index contributed by atoms with van der Waals surface area (Å²) in [5.74, 6) is 0.0183. The fourth-order valence-corrected chi connectivity index (χ4v) is 4.15. The van der Waals surface area contributed by atoms with Gasteiger partial charge >= 0.3 is 0 Å². The van der Waals surface area contributed by atoms with Gasteiger partial charge in [0.2, 0.25) is 0 Å². The van der Waals surface area contributed by atoms with E-state index in [0.29, 0.717) is 54.7 Å². The van der Waals surface area contributed by atoms with Crippen molar-refractivity contribution in [3.63, 3.8) is 0 Å². The minimum atomic E-state index is -0.502. The second kappa shape index (κ2) is 10.6. The van der Waals surface area contributed by atoms with Gasteiger partial charge in [0.1, 0.15) is 12.4 Å². The highest BCUT2D eigenvalue weighted by molar-refractivity contribution is 6.07. The van der Waals surface area contributed by atoms with Crippen molar-refractivity contribution in [2.24, 2.45) is 0 Å². The number of anilines is 2. The first-order chi connectivity index (χ1) is 16.6. The van der Waals surface area contributed by atoms with Crippen LogP contribution >= 0.6 is 0 Å². The number of nitrogens with zero attached hydrogens (tertiary/aromatic N) is 1. The van der Waals surface area contributed by atoms with E-state index in [1.54, 1.807) is 24.5 Å². The molecule has 3 heterocycles. The van der Waals surface area contributed by atoms with E-state index in [9.17, 15) is 9.18 Å². The Hall–Kier alpha value is -3.59. The second-order valence-electron chi connectivity index (χ2n) is 7.84. The van der Waals surface area contributed by atoms with Crippen LogP contribution < -0.4 is 20.1 Å². The molecule has 1 aromatic carbocycles. The number of ether oxygens (including phenoxy) is 3. The Labute approximate surface area is 197 Å². The summed E-state index contributed by atoms with van der Waals surface area (Å²) >= 11 is 0. The van der Waals surface area contributed by atoms with Crippen molar-refractivity contribution in [3.05, 3.63) is 53.7 Å². The summed E-state index contributed by atoms with van der Waals surface area (Å²) in [7, 11) is 1.41. The molecule has 0 fully saturated rings. The molecule has 1 aliphatic rings. The van der Waals surface area contributed by atoms with E-state index in [1.807, 2.05) is 13.0 Å². The van der Waals surface area contributed by atoms with E-state index in [4.69, 9.17) is 14.2 Å². The van der Waals surface area contributed by atoms with Crippen LogP contribution in [0.3, 0.4) is 0 Å². The number of aromatic amines is 1. The first-order valence-electron chi connectivity index (χ1n) is 11.4. The highest BCUT2D eigenvalue weighted by Crippen LogP contribution is 2.44. The molecule has 1 amide bonds. The number of H-pyrrole nitrogens is 1. The van der Waals surface area contributed by atoms with Gasteiger partial charge in [-0.15, -0.1) is 0 Å². The lowest BCUT2D eigenvalue weighted by atomic mass is 9.94. The molecule has 0 spiro atoms. The Bertz CT molecular complexity index is 1160. The standard InChI is InChI=1S/C25H29FN4O4/c1-4-15-13-28-25(31)20-21(15)30-22(16-9-10-27-14-19(16)34-12-11-33-5-2)23(20)29-18-8-6-7-17(26)24(18)32-3/h6-10,14-15,29-30H,4-5,11-13H2,1-3H3,(H,28,31). The normalized spacial score (nSPS) is 14.9. The van der Waals surface area contributed by atoms with Crippen LogP contribution in [-0.4, -0.2) is 49.4 Å². The van der Waals surface area contributed by atoms with E-state index in [-0.39, 0.29) is 17.6 Å². The van der Waals surface area contributed by atoms with Gasteiger partial charge in [0.15, 0.2) is 11.6 Å². The number of halogens is 1. The Morgan fingerprint density at radius 1 is 1.24 bits per heavy atom. The van der Waals surface area contributed by atoms with Gasteiger partial charge < -0.3 is 29.8 Å². The van der Waals surface area contributed by atoms with Crippen LogP contribution in [0.25, 0.3) is 11.3 Å². The van der Waals surface area contributed by atoms with Crippen LogP contribution in [0, 0.1) is 5.82 Å². The number of para-hydroxylation sites is 1. The van der Waals surface area contributed by atoms with Crippen molar-refractivity contribution >= 4 is 17.3 Å². The predicted molar refractivity (Wildman–Crippen MR) is 128 cm³/mol. The Morgan fingerprint density at radius 2 is 2.09 bits per heavy atom. The number of amides is 1. The van der Waals surface area contributed by atoms with Crippen LogP contribution in [0.2, 0.25) is 0 Å². The molecule has 180 valence electrons. The average Bonchev–Trinajstić information content (AvgIpc) is 3.22. The van der Waals surface area contributed by atoms with E-state index in [0.717, 1.165) is 17.7 Å². The van der Waals surface area contributed by atoms with Crippen LogP contribution in [0.5, 0.6) is 11.5 Å². The molecule has 0 bridgehead atoms. The fraction of sp³-hybridized carbons (Fsp3) is 0.360. The van der Waals surface area contributed by atoms with Gasteiger partial charge in [-0.05, 0) is 31.5 Å². The second-order valence-corrected chi connectivity index (χ2v) is 7.84. The number of rotatable bonds is 10. The Balaban J connectivity index is 1.85. The smallest absolute Gasteiger partial charge is 0.255 e. The van der Waals surface area contributed by atoms with Crippen molar-refractivity contribution in [1.29, 1.82) is 0 Å². The van der Waals surface area contributed by atoms with Gasteiger partial charge in [0.25, 0.3) is 5.91 Å². The largest absolute Gasteiger partial charge is 0.492 e. The molecule has 9 heteroatoms. The third-order valence-corrected chi connectivity index (χ3v) is 5.84. The first-order valence-corrected chi connectivity index (χ1v) is 11.4. The van der Waals surface area contributed by atoms with E-state index in [1.165, 1.54) is 13.2 Å². The third kappa shape index (κ3) is 4.56. The lowest BCUT2D eigenvalue weighted by Gasteiger charge is -2.22. The predicted octanol–water partition coefficient (Wildman–Crippen LogP) is 4.62. The molecule has 3 N–H and O–H groups in total. The van der Waals surface area contributed by atoms with Crippen LogP contribution in [0.1, 0.15) is 42.2 Å². The molecule has 8 nitrogen and oxygen atoms in total. The highest BCUT2D eigenvalue weighted by atomic mass is 19.1. The van der Waals surface area contributed by atoms with Gasteiger partial charge in [-0.2, -0.15) is 0 Å². The summed E-state index contributed by atoms with van der Waals surface area (Å²) in [4.78, 5) is 20.7. The lowest BCUT2D eigenvalue weighted by Crippen LogP contribution is -2.34. The summed E-state index contributed by atoms with van der Waals surface area (Å²) in [5, 5.41) is 6.23. The molecule has 0 saturated carbocycles.